The summed E-state index contributed by atoms with van der Waals surface area (Å²) in [4.78, 5) is 82.7. The van der Waals surface area contributed by atoms with Crippen molar-refractivity contribution in [2.24, 2.45) is 0 Å². The van der Waals surface area contributed by atoms with E-state index >= 15 is 0 Å². The number of amides is 4. The average molecular weight is 1370 g/mol. The summed E-state index contributed by atoms with van der Waals surface area (Å²) in [5.74, 6) is -4.81. The monoisotopic (exact) mass is 1370 g/mol. The molecule has 2 saturated carbocycles. The molecule has 0 bridgehead atoms. The minimum absolute atomic E-state index is 0.0188. The van der Waals surface area contributed by atoms with E-state index in [2.05, 4.69) is 25.8 Å². The Hall–Kier alpha value is -9.08. The molecule has 9 aromatic rings. The molecular formula is C64H59Cl3F4N10O10S2. The summed E-state index contributed by atoms with van der Waals surface area (Å²) in [5, 5.41) is 14.8. The van der Waals surface area contributed by atoms with Gasteiger partial charge in [-0.25, -0.2) is 34.4 Å². The summed E-state index contributed by atoms with van der Waals surface area (Å²) in [6.07, 6.45) is 6.56. The van der Waals surface area contributed by atoms with E-state index in [0.29, 0.717) is 33.1 Å². The zero-order chi connectivity index (χ0) is 67.3. The van der Waals surface area contributed by atoms with Gasteiger partial charge < -0.3 is 26.2 Å². The first kappa shape index (κ1) is 69.8. The number of nitrogen functional groups attached to an aromatic ring is 1. The van der Waals surface area contributed by atoms with Crippen LogP contribution in [0.4, 0.5) is 23.2 Å². The molecule has 11 rings (SSSR count). The quantitative estimate of drug-likeness (QED) is 0.0211. The predicted octanol–water partition coefficient (Wildman–Crippen LogP) is 10.2. The number of halogens is 7. The van der Waals surface area contributed by atoms with E-state index < -0.39 is 59.9 Å². The number of ketones is 2. The van der Waals surface area contributed by atoms with Crippen LogP contribution < -0.4 is 16.4 Å². The Bertz CT molecular complexity index is 4460. The standard InChI is InChI=1S/C30H27ClF2N4O5S.C23H23ClFN5O3.C6H4ClFO2S.C5H5N/c1-18(38)30-24-13-19(17-43(41,42)23-10-6-21(32)7-11-23)5-12-26(24)37(35-30)16-28(40)36(22-8-9-22)15-27(39)34-14-20-3-2-4-25(31)29(20)33;1-13(31)23-17-9-15(26)5-8-19(17)30(28-23)12-21(33)29(16-6-7-16)11-20(32)27-10-14-3-2-4-18(24)22(14)25;7-11(9,10)6-3-1-5(8)2-4-6;1-2-4-6-5-3-1/h2-7,10-13,22H,8-9,14-17H2,1H3,(H,34,39);2-5,8-9,16H,6-7,10-12,26H2,1H3,(H,27,32);1-4H;1-5H. The average Bonchev–Trinajstić information content (AvgIpc) is 1.66. The third kappa shape index (κ3) is 19.3. The van der Waals surface area contributed by atoms with Crippen molar-refractivity contribution in [2.45, 2.75) is 93.3 Å². The highest BCUT2D eigenvalue weighted by Crippen LogP contribution is 2.31. The van der Waals surface area contributed by atoms with Crippen LogP contribution in [0.3, 0.4) is 0 Å². The first-order chi connectivity index (χ1) is 44.2. The van der Waals surface area contributed by atoms with Crippen molar-refractivity contribution in [2.75, 3.05) is 18.8 Å². The summed E-state index contributed by atoms with van der Waals surface area (Å²) < 4.78 is 104. The Morgan fingerprint density at radius 2 is 1.00 bits per heavy atom. The van der Waals surface area contributed by atoms with Gasteiger partial charge in [-0.2, -0.15) is 10.2 Å². The van der Waals surface area contributed by atoms with Gasteiger partial charge in [-0.15, -0.1) is 0 Å². The number of carbonyl (C=O) groups excluding carboxylic acids is 6. The van der Waals surface area contributed by atoms with E-state index in [1.165, 1.54) is 69.4 Å². The van der Waals surface area contributed by atoms with Gasteiger partial charge in [0.05, 0.1) is 49.7 Å². The topological polar surface area (TPSA) is 276 Å². The highest BCUT2D eigenvalue weighted by Gasteiger charge is 2.36. The van der Waals surface area contributed by atoms with Crippen LogP contribution in [0.1, 0.15) is 77.2 Å². The molecule has 4 N–H and O–H groups in total. The number of nitrogens with two attached hydrogens (primary N) is 1. The highest BCUT2D eigenvalue weighted by atomic mass is 35.7. The van der Waals surface area contributed by atoms with E-state index in [0.717, 1.165) is 62.1 Å². The molecule has 2 fully saturated rings. The van der Waals surface area contributed by atoms with Crippen LogP contribution in [0.5, 0.6) is 0 Å². The maximum Gasteiger partial charge on any atom is 0.261 e. The van der Waals surface area contributed by atoms with Gasteiger partial charge in [0.25, 0.3) is 9.05 Å². The molecule has 3 aromatic heterocycles. The zero-order valence-electron chi connectivity index (χ0n) is 49.6. The van der Waals surface area contributed by atoms with Crippen molar-refractivity contribution in [3.8, 4) is 0 Å². The van der Waals surface area contributed by atoms with E-state index in [1.807, 2.05) is 18.2 Å². The van der Waals surface area contributed by atoms with Crippen LogP contribution in [-0.4, -0.2) is 112 Å². The van der Waals surface area contributed by atoms with Gasteiger partial charge >= 0.3 is 0 Å². The maximum atomic E-state index is 14.2. The molecule has 0 unspecified atom stereocenters. The first-order valence-corrected chi connectivity index (χ1v) is 33.2. The molecule has 2 aliphatic rings. The van der Waals surface area contributed by atoms with Crippen LogP contribution in [0.25, 0.3) is 21.8 Å². The number of nitrogens with one attached hydrogen (secondary N) is 2. The molecule has 0 aliphatic heterocycles. The van der Waals surface area contributed by atoms with Crippen LogP contribution >= 0.6 is 33.9 Å². The normalized spacial score (nSPS) is 12.7. The second-order valence-electron chi connectivity index (χ2n) is 21.4. The molecule has 2 aliphatic carbocycles. The molecule has 3 heterocycles. The molecular weight excluding hydrogens is 1320 g/mol. The highest BCUT2D eigenvalue weighted by molar-refractivity contribution is 8.13. The number of carbonyl (C=O) groups is 6. The molecule has 0 radical (unpaired) electrons. The number of anilines is 1. The van der Waals surface area contributed by atoms with Gasteiger partial charge in [-0.1, -0.05) is 59.6 Å². The second kappa shape index (κ2) is 31.0. The lowest BCUT2D eigenvalue weighted by Gasteiger charge is -2.22. The largest absolute Gasteiger partial charge is 0.399 e. The molecule has 20 nitrogen and oxygen atoms in total. The SMILES string of the molecule is CC(=O)c1nn(CC(=O)N(CC(=O)NCc2cccc(Cl)c2F)C2CC2)c2ccc(CS(=O)(=O)c3ccc(F)cc3)cc12.CC(=O)c1nn(CC(=O)N(CC(=O)NCc2cccc(Cl)c2F)C2CC2)c2ccc(N)cc12.O=S(=O)(Cl)c1ccc(F)cc1.c1ccncc1. The fourth-order valence-corrected chi connectivity index (χ4v) is 11.9. The lowest BCUT2D eigenvalue weighted by Crippen LogP contribution is -2.43. The smallest absolute Gasteiger partial charge is 0.261 e. The number of hydrogen-bond donors (Lipinski definition) is 3. The number of hydrogen-bond acceptors (Lipinski definition) is 14. The number of aromatic nitrogens is 5. The molecule has 486 valence electrons. The molecule has 6 aromatic carbocycles. The second-order valence-corrected chi connectivity index (χ2v) is 26.7. The van der Waals surface area contributed by atoms with E-state index in [4.69, 9.17) is 39.6 Å². The molecule has 4 amide bonds. The van der Waals surface area contributed by atoms with Crippen molar-refractivity contribution in [1.82, 2.24) is 45.0 Å². The fourth-order valence-electron chi connectivity index (χ4n) is 9.36. The predicted molar refractivity (Wildman–Crippen MR) is 341 cm³/mol. The van der Waals surface area contributed by atoms with Crippen molar-refractivity contribution in [3.05, 3.63) is 213 Å². The minimum Gasteiger partial charge on any atom is -0.399 e. The first-order valence-electron chi connectivity index (χ1n) is 28.5. The summed E-state index contributed by atoms with van der Waals surface area (Å²) in [6.45, 7) is 1.81. The summed E-state index contributed by atoms with van der Waals surface area (Å²) in [6, 6.07) is 33.2. The third-order valence-corrected chi connectivity index (χ3v) is 17.9. The number of sulfone groups is 1. The van der Waals surface area contributed by atoms with Crippen LogP contribution in [0.2, 0.25) is 10.0 Å². The molecule has 93 heavy (non-hydrogen) atoms. The molecule has 0 spiro atoms. The lowest BCUT2D eigenvalue weighted by atomic mass is 10.1. The van der Waals surface area contributed by atoms with Gasteiger partial charge in [-0.05, 0) is 134 Å². The van der Waals surface area contributed by atoms with E-state index in [-0.39, 0.29) is 117 Å². The van der Waals surface area contributed by atoms with Crippen molar-refractivity contribution >= 4 is 115 Å². The Morgan fingerprint density at radius 3 is 1.40 bits per heavy atom. The zero-order valence-corrected chi connectivity index (χ0v) is 53.5. The van der Waals surface area contributed by atoms with Crippen LogP contribution in [-0.2, 0) is 70.0 Å². The van der Waals surface area contributed by atoms with Gasteiger partial charge in [0.2, 0.25) is 23.6 Å². The van der Waals surface area contributed by atoms with Crippen molar-refractivity contribution in [1.29, 1.82) is 0 Å². The summed E-state index contributed by atoms with van der Waals surface area (Å²) >= 11 is 11.6. The lowest BCUT2D eigenvalue weighted by molar-refractivity contribution is -0.137. The van der Waals surface area contributed by atoms with Crippen molar-refractivity contribution < 1.29 is 63.2 Å². The van der Waals surface area contributed by atoms with Gasteiger partial charge in [0, 0.05) is 89.7 Å². The fraction of sp³-hybridized carbons (Fsp3) is 0.234. The Balaban J connectivity index is 0.000000194. The van der Waals surface area contributed by atoms with Crippen LogP contribution in [0, 0.1) is 23.3 Å². The number of fused-ring (bicyclic) bond motifs is 2. The van der Waals surface area contributed by atoms with Crippen LogP contribution in [0.15, 0.2) is 162 Å². The Labute approximate surface area is 545 Å². The van der Waals surface area contributed by atoms with E-state index in [9.17, 15) is 63.2 Å². The number of Topliss-reactive ketones (excluding diaryl/α,β-unsaturated/α-hetero) is 2. The van der Waals surface area contributed by atoms with Gasteiger partial charge in [0.1, 0.15) is 47.7 Å². The third-order valence-electron chi connectivity index (χ3n) is 14.3. The number of benzene rings is 6. The number of nitrogens with zero attached hydrogens (tertiary/aromatic N) is 7. The maximum absolute atomic E-state index is 14.2. The molecule has 0 atom stereocenters. The van der Waals surface area contributed by atoms with Gasteiger partial charge in [0.15, 0.2) is 21.4 Å². The summed E-state index contributed by atoms with van der Waals surface area (Å²) in [7, 11) is -2.55. The Morgan fingerprint density at radius 1 is 0.570 bits per heavy atom. The van der Waals surface area contributed by atoms with Crippen molar-refractivity contribution in [3.63, 3.8) is 0 Å². The Kier molecular flexibility index (Phi) is 23.3. The van der Waals surface area contributed by atoms with Gasteiger partial charge in [-0.3, -0.25) is 43.1 Å². The number of rotatable bonds is 20. The number of pyridine rings is 1. The summed E-state index contributed by atoms with van der Waals surface area (Å²) in [5.41, 5.74) is 8.57. The minimum atomic E-state index is -3.80. The molecule has 29 heteroatoms. The molecule has 0 saturated heterocycles. The van der Waals surface area contributed by atoms with E-state index in [1.54, 1.807) is 60.9 Å².